The topological polar surface area (TPSA) is 72.9 Å². The first-order valence-corrected chi connectivity index (χ1v) is 11.6. The molecule has 1 heterocycles. The van der Waals surface area contributed by atoms with Gasteiger partial charge in [-0.3, -0.25) is 14.5 Å². The van der Waals surface area contributed by atoms with Crippen LogP contribution in [0.1, 0.15) is 34.0 Å². The van der Waals surface area contributed by atoms with Gasteiger partial charge in [0.15, 0.2) is 11.5 Å². The largest absolute Gasteiger partial charge is 0.490 e. The molecule has 34 heavy (non-hydrogen) atoms. The van der Waals surface area contributed by atoms with Crippen LogP contribution in [-0.4, -0.2) is 28.6 Å². The number of benzene rings is 3. The van der Waals surface area contributed by atoms with E-state index in [1.807, 2.05) is 44.2 Å². The normalized spacial score (nSPS) is 14.5. The molecule has 6 nitrogen and oxygen atoms in total. The van der Waals surface area contributed by atoms with Crippen LogP contribution in [0.3, 0.4) is 0 Å². The average molecular weight is 474 g/mol. The van der Waals surface area contributed by atoms with Gasteiger partial charge in [-0.25, -0.2) is 4.79 Å². The minimum Gasteiger partial charge on any atom is -0.490 e. The average Bonchev–Trinajstić information content (AvgIpc) is 3.10. The third kappa shape index (κ3) is 5.38. The van der Waals surface area contributed by atoms with E-state index in [1.165, 1.54) is 4.90 Å². The van der Waals surface area contributed by atoms with E-state index in [9.17, 15) is 14.4 Å². The number of carbonyl (C=O) groups is 3. The Balaban J connectivity index is 1.53. The Hall–Kier alpha value is -3.84. The van der Waals surface area contributed by atoms with Crippen LogP contribution in [0.25, 0.3) is 6.08 Å². The van der Waals surface area contributed by atoms with Gasteiger partial charge in [0.05, 0.1) is 23.6 Å². The second-order valence-electron chi connectivity index (χ2n) is 7.65. The number of esters is 1. The standard InChI is InChI=1S/C27H23NO5S/c1-3-32-23-15-20(13-14-22(23)33-26(30)21-7-5-4-6-8-21)16-24-25(29)28(27(31)34-24)17-19-11-9-18(2)10-12-19/h4-16H,3,17H2,1-2H3/b24-16-. The van der Waals surface area contributed by atoms with E-state index < -0.39 is 5.97 Å². The second kappa shape index (κ2) is 10.4. The highest BCUT2D eigenvalue weighted by Gasteiger charge is 2.35. The number of rotatable bonds is 7. The van der Waals surface area contributed by atoms with Crippen LogP contribution >= 0.6 is 11.8 Å². The van der Waals surface area contributed by atoms with Crippen molar-refractivity contribution in [1.29, 1.82) is 0 Å². The summed E-state index contributed by atoms with van der Waals surface area (Å²) in [5, 5.41) is -0.310. The molecule has 0 aromatic heterocycles. The molecule has 0 atom stereocenters. The van der Waals surface area contributed by atoms with Crippen LogP contribution in [0.15, 0.2) is 77.7 Å². The summed E-state index contributed by atoms with van der Waals surface area (Å²) in [7, 11) is 0. The van der Waals surface area contributed by atoms with Gasteiger partial charge in [-0.1, -0.05) is 54.1 Å². The maximum atomic E-state index is 12.9. The number of hydrogen-bond donors (Lipinski definition) is 0. The molecule has 2 amide bonds. The van der Waals surface area contributed by atoms with Crippen molar-refractivity contribution in [3.05, 3.63) is 100.0 Å². The van der Waals surface area contributed by atoms with Crippen LogP contribution in [0.4, 0.5) is 4.79 Å². The van der Waals surface area contributed by atoms with Gasteiger partial charge in [-0.05, 0) is 67.1 Å². The third-order valence-electron chi connectivity index (χ3n) is 5.11. The lowest BCUT2D eigenvalue weighted by Gasteiger charge is -2.13. The van der Waals surface area contributed by atoms with E-state index in [2.05, 4.69) is 0 Å². The number of carbonyl (C=O) groups excluding carboxylic acids is 3. The molecule has 0 bridgehead atoms. The first kappa shape index (κ1) is 23.3. The molecule has 0 N–H and O–H groups in total. The fraction of sp³-hybridized carbons (Fsp3) is 0.148. The molecule has 3 aromatic carbocycles. The molecule has 7 heteroatoms. The highest BCUT2D eigenvalue weighted by atomic mass is 32.2. The lowest BCUT2D eigenvalue weighted by molar-refractivity contribution is -0.123. The Morgan fingerprint density at radius 3 is 2.41 bits per heavy atom. The van der Waals surface area contributed by atoms with Crippen molar-refractivity contribution in [2.24, 2.45) is 0 Å². The number of nitrogens with zero attached hydrogens (tertiary/aromatic N) is 1. The molecular formula is C27H23NO5S. The van der Waals surface area contributed by atoms with Crippen LogP contribution < -0.4 is 9.47 Å². The van der Waals surface area contributed by atoms with Crippen molar-refractivity contribution in [2.45, 2.75) is 20.4 Å². The highest BCUT2D eigenvalue weighted by molar-refractivity contribution is 8.18. The van der Waals surface area contributed by atoms with E-state index in [0.29, 0.717) is 28.4 Å². The smallest absolute Gasteiger partial charge is 0.343 e. The van der Waals surface area contributed by atoms with Crippen LogP contribution in [0, 0.1) is 6.92 Å². The van der Waals surface area contributed by atoms with Crippen LogP contribution in [0.5, 0.6) is 11.5 Å². The van der Waals surface area contributed by atoms with E-state index in [1.54, 1.807) is 48.5 Å². The van der Waals surface area contributed by atoms with E-state index >= 15 is 0 Å². The fourth-order valence-electron chi connectivity index (χ4n) is 3.36. The summed E-state index contributed by atoms with van der Waals surface area (Å²) < 4.78 is 11.2. The summed E-state index contributed by atoms with van der Waals surface area (Å²) in [5.74, 6) is -0.181. The maximum absolute atomic E-state index is 12.9. The molecule has 1 aliphatic heterocycles. The van der Waals surface area contributed by atoms with Crippen molar-refractivity contribution in [3.63, 3.8) is 0 Å². The molecule has 1 aliphatic rings. The maximum Gasteiger partial charge on any atom is 0.343 e. The number of hydrogen-bond acceptors (Lipinski definition) is 6. The number of ether oxygens (including phenoxy) is 2. The zero-order valence-corrected chi connectivity index (χ0v) is 19.6. The molecule has 0 radical (unpaired) electrons. The minimum atomic E-state index is -0.494. The van der Waals surface area contributed by atoms with Crippen molar-refractivity contribution < 1.29 is 23.9 Å². The molecule has 172 valence electrons. The number of aryl methyl sites for hydroxylation is 1. The molecular weight excluding hydrogens is 450 g/mol. The van der Waals surface area contributed by atoms with E-state index in [0.717, 1.165) is 22.9 Å². The van der Waals surface area contributed by atoms with Gasteiger partial charge in [0.2, 0.25) is 0 Å². The SMILES string of the molecule is CCOc1cc(/C=C2\SC(=O)N(Cc3ccc(C)cc3)C2=O)ccc1OC(=O)c1ccccc1. The van der Waals surface area contributed by atoms with Gasteiger partial charge in [0.25, 0.3) is 11.1 Å². The van der Waals surface area contributed by atoms with Crippen LogP contribution in [-0.2, 0) is 11.3 Å². The number of thioether (sulfide) groups is 1. The third-order valence-corrected chi connectivity index (χ3v) is 6.02. The molecule has 4 rings (SSSR count). The van der Waals surface area contributed by atoms with Crippen LogP contribution in [0.2, 0.25) is 0 Å². The number of amides is 2. The predicted octanol–water partition coefficient (Wildman–Crippen LogP) is 5.85. The van der Waals surface area contributed by atoms with Gasteiger partial charge in [0.1, 0.15) is 0 Å². The quantitative estimate of drug-likeness (QED) is 0.244. The Morgan fingerprint density at radius 1 is 0.971 bits per heavy atom. The molecule has 3 aromatic rings. The van der Waals surface area contributed by atoms with E-state index in [-0.39, 0.29) is 23.4 Å². The molecule has 0 aliphatic carbocycles. The van der Waals surface area contributed by atoms with Crippen molar-refractivity contribution in [2.75, 3.05) is 6.61 Å². The summed E-state index contributed by atoms with van der Waals surface area (Å²) in [4.78, 5) is 39.4. The first-order chi connectivity index (χ1) is 16.4. The summed E-state index contributed by atoms with van der Waals surface area (Å²) in [6.45, 7) is 4.40. The summed E-state index contributed by atoms with van der Waals surface area (Å²) in [6, 6.07) is 21.4. The Kier molecular flexibility index (Phi) is 7.13. The van der Waals surface area contributed by atoms with Gasteiger partial charge in [-0.2, -0.15) is 0 Å². The van der Waals surface area contributed by atoms with Crippen molar-refractivity contribution in [1.82, 2.24) is 4.90 Å². The van der Waals surface area contributed by atoms with Crippen molar-refractivity contribution >= 4 is 35.0 Å². The first-order valence-electron chi connectivity index (χ1n) is 10.8. The summed E-state index contributed by atoms with van der Waals surface area (Å²) in [5.41, 5.74) is 3.08. The lowest BCUT2D eigenvalue weighted by Crippen LogP contribution is -2.27. The molecule has 0 saturated carbocycles. The zero-order valence-electron chi connectivity index (χ0n) is 18.8. The predicted molar refractivity (Wildman–Crippen MR) is 132 cm³/mol. The van der Waals surface area contributed by atoms with Gasteiger partial charge in [-0.15, -0.1) is 0 Å². The lowest BCUT2D eigenvalue weighted by atomic mass is 10.1. The van der Waals surface area contributed by atoms with Gasteiger partial charge >= 0.3 is 5.97 Å². The van der Waals surface area contributed by atoms with Crippen molar-refractivity contribution in [3.8, 4) is 11.5 Å². The number of imide groups is 1. The zero-order chi connectivity index (χ0) is 24.1. The Labute approximate surface area is 202 Å². The van der Waals surface area contributed by atoms with Gasteiger partial charge < -0.3 is 9.47 Å². The van der Waals surface area contributed by atoms with E-state index in [4.69, 9.17) is 9.47 Å². The Morgan fingerprint density at radius 2 is 1.71 bits per heavy atom. The highest BCUT2D eigenvalue weighted by Crippen LogP contribution is 2.35. The minimum absolute atomic E-state index is 0.223. The fourth-order valence-corrected chi connectivity index (χ4v) is 4.20. The van der Waals surface area contributed by atoms with Gasteiger partial charge in [0, 0.05) is 0 Å². The second-order valence-corrected chi connectivity index (χ2v) is 8.64. The molecule has 1 saturated heterocycles. The Bertz CT molecular complexity index is 1250. The molecule has 0 unspecified atom stereocenters. The molecule has 1 fully saturated rings. The summed E-state index contributed by atoms with van der Waals surface area (Å²) in [6.07, 6.45) is 1.64. The monoisotopic (exact) mass is 473 g/mol. The molecule has 0 spiro atoms. The summed E-state index contributed by atoms with van der Waals surface area (Å²) >= 11 is 0.903.